The summed E-state index contributed by atoms with van der Waals surface area (Å²) in [6.07, 6.45) is 1.32. The van der Waals surface area contributed by atoms with Gasteiger partial charge in [0.25, 0.3) is 5.56 Å². The van der Waals surface area contributed by atoms with Crippen LogP contribution in [-0.4, -0.2) is 35.7 Å². The maximum absolute atomic E-state index is 13.6. The fourth-order valence-corrected chi connectivity index (χ4v) is 5.05. The number of methoxy groups -OCH3 is 1. The van der Waals surface area contributed by atoms with Crippen LogP contribution in [0.3, 0.4) is 0 Å². The van der Waals surface area contributed by atoms with E-state index in [9.17, 15) is 18.4 Å². The maximum atomic E-state index is 13.6. The minimum Gasteiger partial charge on any atom is -0.497 e. The van der Waals surface area contributed by atoms with Crippen LogP contribution in [0.5, 0.6) is 5.75 Å². The molecule has 4 aromatic rings. The van der Waals surface area contributed by atoms with Gasteiger partial charge >= 0.3 is 0 Å². The first-order valence-electron chi connectivity index (χ1n) is 11.1. The zero-order valence-electron chi connectivity index (χ0n) is 18.8. The lowest BCUT2D eigenvalue weighted by molar-refractivity contribution is -0.120. The number of amides is 1. The lowest BCUT2D eigenvalue weighted by atomic mass is 9.97. The molecule has 0 unspecified atom stereocenters. The van der Waals surface area contributed by atoms with Crippen molar-refractivity contribution in [3.05, 3.63) is 75.9 Å². The Bertz CT molecular complexity index is 1470. The first-order valence-corrected chi connectivity index (χ1v) is 12.0. The highest BCUT2D eigenvalue weighted by Crippen LogP contribution is 2.28. The molecule has 180 valence electrons. The Morgan fingerprint density at radius 2 is 2.03 bits per heavy atom. The quantitative estimate of drug-likeness (QED) is 0.438. The molecule has 1 aliphatic rings. The van der Waals surface area contributed by atoms with Gasteiger partial charge in [0.15, 0.2) is 11.6 Å². The molecule has 0 radical (unpaired) electrons. The smallest absolute Gasteiger partial charge is 0.277 e. The second-order valence-corrected chi connectivity index (χ2v) is 9.21. The molecule has 35 heavy (non-hydrogen) atoms. The lowest BCUT2D eigenvalue weighted by Crippen LogP contribution is -2.43. The van der Waals surface area contributed by atoms with Gasteiger partial charge in [0.2, 0.25) is 11.9 Å². The molecule has 7 nitrogen and oxygen atoms in total. The number of nitrogens with zero attached hydrogens (tertiary/aromatic N) is 3. The van der Waals surface area contributed by atoms with Gasteiger partial charge in [0, 0.05) is 30.9 Å². The van der Waals surface area contributed by atoms with E-state index in [1.165, 1.54) is 17.4 Å². The highest BCUT2D eigenvalue weighted by atomic mass is 32.1. The lowest BCUT2D eigenvalue weighted by Gasteiger charge is -2.34. The normalized spacial score (nSPS) is 15.9. The molecule has 1 fully saturated rings. The largest absolute Gasteiger partial charge is 0.497 e. The average Bonchev–Trinajstić information content (AvgIpc) is 3.35. The molecule has 0 spiro atoms. The van der Waals surface area contributed by atoms with Crippen LogP contribution in [0.4, 0.5) is 20.4 Å². The van der Waals surface area contributed by atoms with E-state index < -0.39 is 17.6 Å². The fraction of sp³-hybridized carbons (Fsp3) is 0.240. The predicted molar refractivity (Wildman–Crippen MR) is 132 cm³/mol. The molecule has 2 aromatic heterocycles. The standard InChI is InChI=1S/C25H22F2N4O3S/c1-34-18-6-2-5-17(13-18)31-24(33)22-21(9-11-35-22)29-25(31)30-10-3-4-15(14-30)23(32)28-16-7-8-19(26)20(27)12-16/h2,5-9,11-13,15H,3-4,10,14H2,1H3,(H,28,32)/t15-/m0/s1. The number of halogens is 2. The molecule has 0 saturated carbocycles. The van der Waals surface area contributed by atoms with Crippen molar-refractivity contribution in [1.82, 2.24) is 9.55 Å². The third kappa shape index (κ3) is 4.49. The van der Waals surface area contributed by atoms with Crippen LogP contribution in [0.25, 0.3) is 15.9 Å². The minimum absolute atomic E-state index is 0.192. The van der Waals surface area contributed by atoms with E-state index in [1.54, 1.807) is 35.9 Å². The molecule has 3 heterocycles. The molecule has 5 rings (SSSR count). The minimum atomic E-state index is -1.02. The Labute approximate surface area is 203 Å². The summed E-state index contributed by atoms with van der Waals surface area (Å²) < 4.78 is 34.3. The highest BCUT2D eigenvalue weighted by molar-refractivity contribution is 7.17. The van der Waals surface area contributed by atoms with E-state index >= 15 is 0 Å². The fourth-order valence-electron chi connectivity index (χ4n) is 4.29. The maximum Gasteiger partial charge on any atom is 0.277 e. The summed E-state index contributed by atoms with van der Waals surface area (Å²) in [4.78, 5) is 33.2. The van der Waals surface area contributed by atoms with Crippen LogP contribution in [0, 0.1) is 17.6 Å². The number of aromatic nitrogens is 2. The van der Waals surface area contributed by atoms with Crippen LogP contribution in [0.1, 0.15) is 12.8 Å². The number of anilines is 2. The van der Waals surface area contributed by atoms with Crippen LogP contribution in [0.15, 0.2) is 58.7 Å². The Kier molecular flexibility index (Phi) is 6.21. The van der Waals surface area contributed by atoms with E-state index in [2.05, 4.69) is 5.32 Å². The van der Waals surface area contributed by atoms with Crippen molar-refractivity contribution in [3.8, 4) is 11.4 Å². The Morgan fingerprint density at radius 1 is 1.17 bits per heavy atom. The second kappa shape index (κ2) is 9.46. The van der Waals surface area contributed by atoms with Crippen LogP contribution < -0.4 is 20.5 Å². The Hall–Kier alpha value is -3.79. The van der Waals surface area contributed by atoms with Crippen molar-refractivity contribution >= 4 is 39.1 Å². The number of fused-ring (bicyclic) bond motifs is 1. The first kappa shape index (κ1) is 23.0. The zero-order valence-corrected chi connectivity index (χ0v) is 19.6. The molecule has 10 heteroatoms. The SMILES string of the molecule is COc1cccc(-n2c(N3CCC[C@H](C(=O)Nc4ccc(F)c(F)c4)C3)nc3ccsc3c2=O)c1. The summed E-state index contributed by atoms with van der Waals surface area (Å²) in [5.74, 6) is -1.67. The van der Waals surface area contributed by atoms with Gasteiger partial charge in [0.1, 0.15) is 10.4 Å². The van der Waals surface area contributed by atoms with Gasteiger partial charge < -0.3 is 15.0 Å². The van der Waals surface area contributed by atoms with Crippen molar-refractivity contribution in [2.24, 2.45) is 5.92 Å². The molecule has 1 N–H and O–H groups in total. The number of hydrogen-bond donors (Lipinski definition) is 1. The van der Waals surface area contributed by atoms with Gasteiger partial charge in [-0.2, -0.15) is 0 Å². The third-order valence-corrected chi connectivity index (χ3v) is 6.93. The number of thiophene rings is 1. The van der Waals surface area contributed by atoms with Crippen molar-refractivity contribution in [3.63, 3.8) is 0 Å². The van der Waals surface area contributed by atoms with Crippen molar-refractivity contribution in [2.45, 2.75) is 12.8 Å². The molecule has 0 aliphatic carbocycles. The number of piperidine rings is 1. The van der Waals surface area contributed by atoms with Crippen LogP contribution in [-0.2, 0) is 4.79 Å². The topological polar surface area (TPSA) is 76.5 Å². The average molecular weight is 497 g/mol. The summed E-state index contributed by atoms with van der Waals surface area (Å²) in [5, 5.41) is 4.50. The number of carbonyl (C=O) groups excluding carboxylic acids is 1. The third-order valence-electron chi connectivity index (χ3n) is 6.04. The number of hydrogen-bond acceptors (Lipinski definition) is 6. The zero-order chi connectivity index (χ0) is 24.5. The van der Waals surface area contributed by atoms with E-state index in [0.29, 0.717) is 53.5 Å². The molecule has 0 bridgehead atoms. The van der Waals surface area contributed by atoms with Crippen molar-refractivity contribution < 1.29 is 18.3 Å². The molecular formula is C25H22F2N4O3S. The summed E-state index contributed by atoms with van der Waals surface area (Å²) in [5.41, 5.74) is 1.21. The number of carbonyl (C=O) groups is 1. The van der Waals surface area contributed by atoms with Gasteiger partial charge in [-0.3, -0.25) is 9.59 Å². The molecule has 2 aromatic carbocycles. The van der Waals surface area contributed by atoms with E-state index in [1.807, 2.05) is 16.3 Å². The number of nitrogens with one attached hydrogen (secondary N) is 1. The van der Waals surface area contributed by atoms with Gasteiger partial charge in [0.05, 0.1) is 24.2 Å². The molecule has 1 atom stereocenters. The monoisotopic (exact) mass is 496 g/mol. The summed E-state index contributed by atoms with van der Waals surface area (Å²) in [6, 6.07) is 12.2. The van der Waals surface area contributed by atoms with Gasteiger partial charge in [-0.1, -0.05) is 6.07 Å². The highest BCUT2D eigenvalue weighted by Gasteiger charge is 2.29. The molecule has 1 amide bonds. The van der Waals surface area contributed by atoms with E-state index in [0.717, 1.165) is 12.1 Å². The van der Waals surface area contributed by atoms with Crippen LogP contribution >= 0.6 is 11.3 Å². The molecule has 1 saturated heterocycles. The summed E-state index contributed by atoms with van der Waals surface area (Å²) in [7, 11) is 1.56. The number of ether oxygens (including phenoxy) is 1. The van der Waals surface area contributed by atoms with Crippen LogP contribution in [0.2, 0.25) is 0 Å². The van der Waals surface area contributed by atoms with Gasteiger partial charge in [-0.05, 0) is 48.6 Å². The predicted octanol–water partition coefficient (Wildman–Crippen LogP) is 4.59. The van der Waals surface area contributed by atoms with E-state index in [4.69, 9.17) is 9.72 Å². The number of rotatable bonds is 5. The summed E-state index contributed by atoms with van der Waals surface area (Å²) in [6.45, 7) is 0.933. The first-order chi connectivity index (χ1) is 16.9. The Morgan fingerprint density at radius 3 is 2.83 bits per heavy atom. The Balaban J connectivity index is 1.49. The van der Waals surface area contributed by atoms with Crippen molar-refractivity contribution in [2.75, 3.05) is 30.4 Å². The van der Waals surface area contributed by atoms with Gasteiger partial charge in [-0.25, -0.2) is 18.3 Å². The molecular weight excluding hydrogens is 474 g/mol. The van der Waals surface area contributed by atoms with Gasteiger partial charge in [-0.15, -0.1) is 11.3 Å². The molecule has 1 aliphatic heterocycles. The number of benzene rings is 2. The van der Waals surface area contributed by atoms with Crippen molar-refractivity contribution in [1.29, 1.82) is 0 Å². The van der Waals surface area contributed by atoms with E-state index in [-0.39, 0.29) is 17.2 Å². The second-order valence-electron chi connectivity index (χ2n) is 8.29. The summed E-state index contributed by atoms with van der Waals surface area (Å²) >= 11 is 1.33.